The molecule has 1 heterocycles. The highest BCUT2D eigenvalue weighted by atomic mass is 35.5. The van der Waals surface area contributed by atoms with Crippen molar-refractivity contribution in [2.45, 2.75) is 19.8 Å². The summed E-state index contributed by atoms with van der Waals surface area (Å²) in [7, 11) is 0. The van der Waals surface area contributed by atoms with E-state index in [1.807, 2.05) is 0 Å². The normalized spacial score (nSPS) is 10.8. The Hall–Kier alpha value is -1.72. The van der Waals surface area contributed by atoms with Crippen molar-refractivity contribution in [1.29, 1.82) is 0 Å². The van der Waals surface area contributed by atoms with Crippen LogP contribution in [-0.4, -0.2) is 21.7 Å². The van der Waals surface area contributed by atoms with Crippen LogP contribution in [0.3, 0.4) is 0 Å². The Morgan fingerprint density at radius 1 is 1.45 bits per heavy atom. The molecular weight excluding hydrogens is 283 g/mol. The molecule has 0 spiro atoms. The molecule has 2 aromatic rings. The van der Waals surface area contributed by atoms with E-state index in [4.69, 9.17) is 16.7 Å². The summed E-state index contributed by atoms with van der Waals surface area (Å²) in [6, 6.07) is 4.70. The smallest absolute Gasteiger partial charge is 0.254 e. The summed E-state index contributed by atoms with van der Waals surface area (Å²) in [5, 5.41) is 8.94. The summed E-state index contributed by atoms with van der Waals surface area (Å²) in [5.41, 5.74) is 1.06. The van der Waals surface area contributed by atoms with Gasteiger partial charge in [-0.15, -0.1) is 0 Å². The highest BCUT2D eigenvalue weighted by Gasteiger charge is 2.11. The first-order chi connectivity index (χ1) is 9.52. The van der Waals surface area contributed by atoms with Crippen LogP contribution in [0.25, 0.3) is 0 Å². The number of H-pyrrole nitrogens is 1. The van der Waals surface area contributed by atoms with Crippen LogP contribution in [0.1, 0.15) is 22.6 Å². The zero-order valence-corrected chi connectivity index (χ0v) is 11.7. The van der Waals surface area contributed by atoms with Crippen LogP contribution in [0.15, 0.2) is 23.0 Å². The second-order valence-corrected chi connectivity index (χ2v) is 4.85. The van der Waals surface area contributed by atoms with Gasteiger partial charge in [0.05, 0.1) is 5.02 Å². The van der Waals surface area contributed by atoms with E-state index in [0.29, 0.717) is 22.6 Å². The van der Waals surface area contributed by atoms with Gasteiger partial charge in [-0.05, 0) is 18.6 Å². The molecule has 0 saturated heterocycles. The minimum Gasteiger partial charge on any atom is -0.396 e. The maximum Gasteiger partial charge on any atom is 0.254 e. The lowest BCUT2D eigenvalue weighted by Gasteiger charge is -2.07. The van der Waals surface area contributed by atoms with Gasteiger partial charge in [-0.25, -0.2) is 9.37 Å². The zero-order chi connectivity index (χ0) is 14.7. The molecule has 106 valence electrons. The van der Waals surface area contributed by atoms with E-state index in [2.05, 4.69) is 9.97 Å². The molecule has 0 fully saturated rings. The second kappa shape index (κ2) is 6.15. The molecule has 0 amide bonds. The van der Waals surface area contributed by atoms with Gasteiger partial charge in [0.25, 0.3) is 5.56 Å². The predicted octanol–water partition coefficient (Wildman–Crippen LogP) is 2.00. The van der Waals surface area contributed by atoms with Crippen molar-refractivity contribution < 1.29 is 9.50 Å². The fourth-order valence-corrected chi connectivity index (χ4v) is 2.22. The molecule has 0 aliphatic carbocycles. The lowest BCUT2D eigenvalue weighted by molar-refractivity contribution is 0.298. The summed E-state index contributed by atoms with van der Waals surface area (Å²) in [6.45, 7) is 1.58. The lowest BCUT2D eigenvalue weighted by Crippen LogP contribution is -2.20. The minimum absolute atomic E-state index is 0.0402. The molecule has 2 N–H and O–H groups in total. The number of aryl methyl sites for hydroxylation is 1. The molecule has 0 aliphatic heterocycles. The summed E-state index contributed by atoms with van der Waals surface area (Å²) in [5.74, 6) is -0.135. The predicted molar refractivity (Wildman–Crippen MR) is 74.6 cm³/mol. The Bertz CT molecular complexity index is 685. The summed E-state index contributed by atoms with van der Waals surface area (Å²) < 4.78 is 13.8. The van der Waals surface area contributed by atoms with Crippen LogP contribution in [0, 0.1) is 12.7 Å². The first-order valence-electron chi connectivity index (χ1n) is 6.15. The van der Waals surface area contributed by atoms with Crippen LogP contribution in [0.5, 0.6) is 0 Å². The molecule has 0 radical (unpaired) electrons. The first-order valence-corrected chi connectivity index (χ1v) is 6.53. The van der Waals surface area contributed by atoms with E-state index in [1.54, 1.807) is 19.1 Å². The molecule has 6 heteroatoms. The number of aliphatic hydroxyl groups is 1. The van der Waals surface area contributed by atoms with E-state index in [9.17, 15) is 9.18 Å². The highest BCUT2D eigenvalue weighted by Crippen LogP contribution is 2.19. The van der Waals surface area contributed by atoms with Gasteiger partial charge in [0.1, 0.15) is 11.6 Å². The summed E-state index contributed by atoms with van der Waals surface area (Å²) in [6.07, 6.45) is 0.405. The molecule has 1 aromatic heterocycles. The van der Waals surface area contributed by atoms with Gasteiger partial charge < -0.3 is 10.1 Å². The Labute approximate surface area is 120 Å². The molecule has 4 nitrogen and oxygen atoms in total. The number of aromatic nitrogens is 2. The lowest BCUT2D eigenvalue weighted by atomic mass is 10.1. The van der Waals surface area contributed by atoms with Crippen molar-refractivity contribution in [3.63, 3.8) is 0 Å². The second-order valence-electron chi connectivity index (χ2n) is 4.44. The van der Waals surface area contributed by atoms with Gasteiger partial charge in [0.15, 0.2) is 0 Å². The van der Waals surface area contributed by atoms with Crippen LogP contribution in [0.2, 0.25) is 5.02 Å². The quantitative estimate of drug-likeness (QED) is 0.907. The van der Waals surface area contributed by atoms with Crippen molar-refractivity contribution in [2.75, 3.05) is 6.61 Å². The Balaban J connectivity index is 2.35. The molecule has 0 saturated carbocycles. The number of hydrogen-bond acceptors (Lipinski definition) is 3. The van der Waals surface area contributed by atoms with E-state index in [1.165, 1.54) is 6.07 Å². The molecule has 0 aliphatic rings. The molecular formula is C14H14ClFN2O2. The molecule has 0 bridgehead atoms. The van der Waals surface area contributed by atoms with Crippen molar-refractivity contribution in [3.05, 3.63) is 62.0 Å². The standard InChI is InChI=1S/C14H14ClFN2O2/c1-8-10(5-6-19)14(20)18-12(17-8)7-9-3-2-4-11(15)13(9)16/h2-4,19H,5-7H2,1H3,(H,17,18,20). The minimum atomic E-state index is -0.506. The fraction of sp³-hybridized carbons (Fsp3) is 0.286. The van der Waals surface area contributed by atoms with Crippen LogP contribution >= 0.6 is 11.6 Å². The first kappa shape index (κ1) is 14.7. The Morgan fingerprint density at radius 3 is 2.85 bits per heavy atom. The van der Waals surface area contributed by atoms with E-state index < -0.39 is 5.82 Å². The van der Waals surface area contributed by atoms with Gasteiger partial charge in [0, 0.05) is 30.7 Å². The molecule has 2 rings (SSSR count). The number of benzene rings is 1. The van der Waals surface area contributed by atoms with Gasteiger partial charge in [-0.2, -0.15) is 0 Å². The van der Waals surface area contributed by atoms with E-state index >= 15 is 0 Å². The van der Waals surface area contributed by atoms with Crippen molar-refractivity contribution in [3.8, 4) is 0 Å². The topological polar surface area (TPSA) is 66.0 Å². The monoisotopic (exact) mass is 296 g/mol. The third-order valence-electron chi connectivity index (χ3n) is 3.02. The number of rotatable bonds is 4. The molecule has 0 unspecified atom stereocenters. The fourth-order valence-electron chi connectivity index (χ4n) is 2.02. The Morgan fingerprint density at radius 2 is 2.20 bits per heavy atom. The number of nitrogens with one attached hydrogen (secondary N) is 1. The zero-order valence-electron chi connectivity index (χ0n) is 10.9. The van der Waals surface area contributed by atoms with E-state index in [-0.39, 0.29) is 30.0 Å². The highest BCUT2D eigenvalue weighted by molar-refractivity contribution is 6.30. The summed E-state index contributed by atoms with van der Waals surface area (Å²) in [4.78, 5) is 18.7. The maximum absolute atomic E-state index is 13.8. The average molecular weight is 297 g/mol. The van der Waals surface area contributed by atoms with Gasteiger partial charge in [0.2, 0.25) is 0 Å². The van der Waals surface area contributed by atoms with E-state index in [0.717, 1.165) is 0 Å². The summed E-state index contributed by atoms with van der Waals surface area (Å²) >= 11 is 5.71. The number of nitrogens with zero attached hydrogens (tertiary/aromatic N) is 1. The molecule has 20 heavy (non-hydrogen) atoms. The van der Waals surface area contributed by atoms with Crippen molar-refractivity contribution in [1.82, 2.24) is 9.97 Å². The number of aliphatic hydroxyl groups excluding tert-OH is 1. The number of aromatic amines is 1. The maximum atomic E-state index is 13.8. The molecule has 1 aromatic carbocycles. The third-order valence-corrected chi connectivity index (χ3v) is 3.31. The SMILES string of the molecule is Cc1nc(Cc2cccc(Cl)c2F)[nH]c(=O)c1CCO. The molecule has 0 atom stereocenters. The largest absolute Gasteiger partial charge is 0.396 e. The third kappa shape index (κ3) is 3.05. The Kier molecular flexibility index (Phi) is 4.52. The number of hydrogen-bond donors (Lipinski definition) is 2. The van der Waals surface area contributed by atoms with Crippen molar-refractivity contribution in [2.24, 2.45) is 0 Å². The van der Waals surface area contributed by atoms with Crippen molar-refractivity contribution >= 4 is 11.6 Å². The van der Waals surface area contributed by atoms with Gasteiger partial charge >= 0.3 is 0 Å². The van der Waals surface area contributed by atoms with Crippen LogP contribution in [0.4, 0.5) is 4.39 Å². The van der Waals surface area contributed by atoms with Crippen LogP contribution in [-0.2, 0) is 12.8 Å². The van der Waals surface area contributed by atoms with Crippen LogP contribution < -0.4 is 5.56 Å². The number of halogens is 2. The average Bonchev–Trinajstić information content (AvgIpc) is 2.39. The van der Waals surface area contributed by atoms with Gasteiger partial charge in [-0.1, -0.05) is 23.7 Å². The van der Waals surface area contributed by atoms with Gasteiger partial charge in [-0.3, -0.25) is 4.79 Å².